The van der Waals surface area contributed by atoms with Gasteiger partial charge in [-0.15, -0.1) is 0 Å². The van der Waals surface area contributed by atoms with E-state index in [2.05, 4.69) is 0 Å². The molecule has 0 fully saturated rings. The van der Waals surface area contributed by atoms with Gasteiger partial charge in [0.2, 0.25) is 0 Å². The smallest absolute Gasteiger partial charge is 0.174 e. The molecule has 0 aliphatic heterocycles. The second kappa shape index (κ2) is 2.45. The van der Waals surface area contributed by atoms with Crippen molar-refractivity contribution in [2.45, 2.75) is 6.42 Å². The summed E-state index contributed by atoms with van der Waals surface area (Å²) in [6.45, 7) is 0. The Hall–Kier alpha value is -1.58. The van der Waals surface area contributed by atoms with Crippen molar-refractivity contribution in [3.8, 4) is 0 Å². The highest BCUT2D eigenvalue weighted by Gasteiger charge is 2.33. The lowest BCUT2D eigenvalue weighted by molar-refractivity contribution is 0.0921. The summed E-state index contributed by atoms with van der Waals surface area (Å²) < 4.78 is 25.9. The van der Waals surface area contributed by atoms with Gasteiger partial charge in [-0.3, -0.25) is 9.59 Å². The SMILES string of the molecule is O=C1CC(=O)c2c(F)ccc(F)c21. The molecule has 0 heterocycles. The Balaban J connectivity index is 2.81. The average molecular weight is 182 g/mol. The zero-order valence-electron chi connectivity index (χ0n) is 6.43. The number of halogens is 2. The maximum Gasteiger partial charge on any atom is 0.174 e. The summed E-state index contributed by atoms with van der Waals surface area (Å²) in [6, 6.07) is 1.70. The summed E-state index contributed by atoms with van der Waals surface area (Å²) in [5.74, 6) is -2.94. The molecule has 2 nitrogen and oxygen atoms in total. The third-order valence-electron chi connectivity index (χ3n) is 1.98. The van der Waals surface area contributed by atoms with Gasteiger partial charge in [-0.2, -0.15) is 0 Å². The van der Waals surface area contributed by atoms with Crippen LogP contribution in [0.2, 0.25) is 0 Å². The monoisotopic (exact) mass is 182 g/mol. The maximum absolute atomic E-state index is 13.0. The van der Waals surface area contributed by atoms with Crippen molar-refractivity contribution in [1.82, 2.24) is 0 Å². The Bertz CT molecular complexity index is 385. The van der Waals surface area contributed by atoms with Gasteiger partial charge >= 0.3 is 0 Å². The molecular weight excluding hydrogens is 178 g/mol. The Morgan fingerprint density at radius 2 is 1.31 bits per heavy atom. The fourth-order valence-electron chi connectivity index (χ4n) is 1.42. The third-order valence-corrected chi connectivity index (χ3v) is 1.98. The van der Waals surface area contributed by atoms with Crippen LogP contribution in [0, 0.1) is 11.6 Å². The molecule has 0 spiro atoms. The molecule has 0 amide bonds. The van der Waals surface area contributed by atoms with Gasteiger partial charge in [-0.25, -0.2) is 8.78 Å². The van der Waals surface area contributed by atoms with E-state index in [9.17, 15) is 18.4 Å². The predicted octanol–water partition coefficient (Wildman–Crippen LogP) is 1.73. The van der Waals surface area contributed by atoms with Crippen LogP contribution in [0.1, 0.15) is 27.1 Å². The van der Waals surface area contributed by atoms with Gasteiger partial charge in [-0.05, 0) is 12.1 Å². The zero-order valence-corrected chi connectivity index (χ0v) is 6.43. The van der Waals surface area contributed by atoms with Gasteiger partial charge in [0.05, 0.1) is 17.5 Å². The van der Waals surface area contributed by atoms with Crippen molar-refractivity contribution >= 4 is 11.6 Å². The van der Waals surface area contributed by atoms with E-state index in [4.69, 9.17) is 0 Å². The Kier molecular flexibility index (Phi) is 1.52. The van der Waals surface area contributed by atoms with E-state index in [0.29, 0.717) is 0 Å². The molecule has 2 rings (SSSR count). The summed E-state index contributed by atoms with van der Waals surface area (Å²) in [6.07, 6.45) is -0.423. The van der Waals surface area contributed by atoms with Gasteiger partial charge in [0.1, 0.15) is 11.6 Å². The third kappa shape index (κ3) is 0.983. The molecule has 0 aromatic heterocycles. The van der Waals surface area contributed by atoms with Crippen LogP contribution in [0.25, 0.3) is 0 Å². The average Bonchev–Trinajstić information content (AvgIpc) is 2.36. The van der Waals surface area contributed by atoms with Crippen LogP contribution < -0.4 is 0 Å². The molecule has 1 aromatic carbocycles. The van der Waals surface area contributed by atoms with Crippen LogP contribution in [0.5, 0.6) is 0 Å². The van der Waals surface area contributed by atoms with Crippen LogP contribution in [-0.4, -0.2) is 11.6 Å². The standard InChI is InChI=1S/C9H4F2O2/c10-4-1-2-5(11)9-7(13)3-6(12)8(4)9/h1-2H,3H2. The Morgan fingerprint density at radius 3 is 1.69 bits per heavy atom. The minimum atomic E-state index is -0.827. The minimum absolute atomic E-state index is 0.398. The summed E-state index contributed by atoms with van der Waals surface area (Å²) in [4.78, 5) is 22.0. The molecule has 0 bridgehead atoms. The molecule has 1 aromatic rings. The lowest BCUT2D eigenvalue weighted by Gasteiger charge is -1.98. The molecular formula is C9H4F2O2. The number of Topliss-reactive ketones (excluding diaryl/α,β-unsaturated/α-hetero) is 2. The number of carbonyl (C=O) groups excluding carboxylic acids is 2. The fraction of sp³-hybridized carbons (Fsp3) is 0.111. The van der Waals surface area contributed by atoms with Crippen LogP contribution in [-0.2, 0) is 0 Å². The number of ketones is 2. The Labute approximate surface area is 72.2 Å². The highest BCUT2D eigenvalue weighted by atomic mass is 19.1. The zero-order chi connectivity index (χ0) is 9.59. The van der Waals surface area contributed by atoms with Gasteiger partial charge in [0.25, 0.3) is 0 Å². The number of rotatable bonds is 0. The first kappa shape index (κ1) is 8.04. The molecule has 4 heteroatoms. The predicted molar refractivity (Wildman–Crippen MR) is 39.6 cm³/mol. The number of benzene rings is 1. The molecule has 1 aliphatic rings. The highest BCUT2D eigenvalue weighted by molar-refractivity contribution is 6.24. The maximum atomic E-state index is 13.0. The lowest BCUT2D eigenvalue weighted by Crippen LogP contribution is -1.98. The number of hydrogen-bond acceptors (Lipinski definition) is 2. The molecule has 13 heavy (non-hydrogen) atoms. The van der Waals surface area contributed by atoms with Crippen LogP contribution in [0.15, 0.2) is 12.1 Å². The molecule has 1 aliphatic carbocycles. The topological polar surface area (TPSA) is 34.1 Å². The quantitative estimate of drug-likeness (QED) is 0.572. The number of carbonyl (C=O) groups is 2. The van der Waals surface area contributed by atoms with Crippen molar-refractivity contribution in [3.05, 3.63) is 34.9 Å². The van der Waals surface area contributed by atoms with E-state index >= 15 is 0 Å². The first-order valence-electron chi connectivity index (χ1n) is 3.65. The van der Waals surface area contributed by atoms with Crippen molar-refractivity contribution < 1.29 is 18.4 Å². The number of hydrogen-bond donors (Lipinski definition) is 0. The largest absolute Gasteiger partial charge is 0.294 e. The summed E-state index contributed by atoms with van der Waals surface area (Å²) in [7, 11) is 0. The lowest BCUT2D eigenvalue weighted by atomic mass is 10.1. The molecule has 0 N–H and O–H groups in total. The minimum Gasteiger partial charge on any atom is -0.294 e. The van der Waals surface area contributed by atoms with Gasteiger partial charge in [-0.1, -0.05) is 0 Å². The van der Waals surface area contributed by atoms with Crippen molar-refractivity contribution in [2.24, 2.45) is 0 Å². The van der Waals surface area contributed by atoms with Gasteiger partial charge in [0, 0.05) is 0 Å². The second-order valence-corrected chi connectivity index (χ2v) is 2.80. The fourth-order valence-corrected chi connectivity index (χ4v) is 1.42. The van der Waals surface area contributed by atoms with Crippen LogP contribution in [0.4, 0.5) is 8.78 Å². The summed E-state index contributed by atoms with van der Waals surface area (Å²) >= 11 is 0. The molecule has 0 saturated carbocycles. The number of fused-ring (bicyclic) bond motifs is 1. The van der Waals surface area contributed by atoms with Crippen LogP contribution >= 0.6 is 0 Å². The van der Waals surface area contributed by atoms with Crippen LogP contribution in [0.3, 0.4) is 0 Å². The van der Waals surface area contributed by atoms with Crippen molar-refractivity contribution in [2.75, 3.05) is 0 Å². The van der Waals surface area contributed by atoms with Gasteiger partial charge < -0.3 is 0 Å². The molecule has 0 unspecified atom stereocenters. The molecule has 66 valence electrons. The van der Waals surface area contributed by atoms with Crippen molar-refractivity contribution in [1.29, 1.82) is 0 Å². The van der Waals surface area contributed by atoms with Crippen molar-refractivity contribution in [3.63, 3.8) is 0 Å². The summed E-state index contributed by atoms with van der Waals surface area (Å²) in [5.41, 5.74) is -0.796. The second-order valence-electron chi connectivity index (χ2n) is 2.80. The molecule has 0 radical (unpaired) electrons. The van der Waals surface area contributed by atoms with E-state index in [1.165, 1.54) is 0 Å². The normalized spacial score (nSPS) is 14.9. The first-order chi connectivity index (χ1) is 6.11. The summed E-state index contributed by atoms with van der Waals surface area (Å²) in [5, 5.41) is 0. The molecule has 0 saturated heterocycles. The first-order valence-corrected chi connectivity index (χ1v) is 3.65. The van der Waals surface area contributed by atoms with E-state index in [1.807, 2.05) is 0 Å². The Morgan fingerprint density at radius 1 is 0.923 bits per heavy atom. The molecule has 0 atom stereocenters. The highest BCUT2D eigenvalue weighted by Crippen LogP contribution is 2.26. The van der Waals surface area contributed by atoms with E-state index < -0.39 is 40.7 Å². The van der Waals surface area contributed by atoms with E-state index in [0.717, 1.165) is 12.1 Å². The van der Waals surface area contributed by atoms with Gasteiger partial charge in [0.15, 0.2) is 11.6 Å². The van der Waals surface area contributed by atoms with E-state index in [-0.39, 0.29) is 0 Å². The van der Waals surface area contributed by atoms with E-state index in [1.54, 1.807) is 0 Å².